The van der Waals surface area contributed by atoms with Crippen LogP contribution in [-0.2, 0) is 4.74 Å². The maximum atomic E-state index is 11.1. The van der Waals surface area contributed by atoms with Crippen LogP contribution in [-0.4, -0.2) is 23.6 Å². The monoisotopic (exact) mass is 321 g/mol. The lowest BCUT2D eigenvalue weighted by atomic mass is 10.0. The van der Waals surface area contributed by atoms with Crippen LogP contribution in [0.4, 0.5) is 11.5 Å². The third-order valence-electron chi connectivity index (χ3n) is 3.18. The fourth-order valence-electron chi connectivity index (χ4n) is 2.07. The van der Waals surface area contributed by atoms with Crippen LogP contribution in [0.1, 0.15) is 18.0 Å². The van der Waals surface area contributed by atoms with Gasteiger partial charge in [0.2, 0.25) is 5.82 Å². The molecule has 1 aromatic heterocycles. The van der Waals surface area contributed by atoms with Gasteiger partial charge in [-0.2, -0.15) is 0 Å². The van der Waals surface area contributed by atoms with E-state index >= 15 is 0 Å². The van der Waals surface area contributed by atoms with Crippen molar-refractivity contribution in [2.24, 2.45) is 0 Å². The van der Waals surface area contributed by atoms with Crippen molar-refractivity contribution in [1.29, 1.82) is 0 Å². The first kappa shape index (κ1) is 16.2. The fraction of sp³-hybridized carbons (Fsp3) is 0.267. The van der Waals surface area contributed by atoms with Gasteiger partial charge in [0, 0.05) is 31.0 Å². The lowest BCUT2D eigenvalue weighted by Crippen LogP contribution is -2.15. The van der Waals surface area contributed by atoms with Crippen molar-refractivity contribution >= 4 is 23.1 Å². The summed E-state index contributed by atoms with van der Waals surface area (Å²) < 4.78 is 5.11. The zero-order valence-electron chi connectivity index (χ0n) is 12.0. The molecule has 1 N–H and O–H groups in total. The van der Waals surface area contributed by atoms with Crippen molar-refractivity contribution in [3.63, 3.8) is 0 Å². The van der Waals surface area contributed by atoms with Gasteiger partial charge >= 0.3 is 5.69 Å². The van der Waals surface area contributed by atoms with Crippen LogP contribution in [0.3, 0.4) is 0 Å². The van der Waals surface area contributed by atoms with E-state index in [0.29, 0.717) is 18.1 Å². The van der Waals surface area contributed by atoms with Crippen LogP contribution < -0.4 is 5.32 Å². The van der Waals surface area contributed by atoms with E-state index < -0.39 is 4.92 Å². The second kappa shape index (κ2) is 7.72. The first-order valence-electron chi connectivity index (χ1n) is 6.72. The van der Waals surface area contributed by atoms with E-state index in [9.17, 15) is 10.1 Å². The second-order valence-corrected chi connectivity index (χ2v) is 5.09. The molecule has 0 fully saturated rings. The first-order chi connectivity index (χ1) is 10.6. The molecule has 0 saturated carbocycles. The Bertz CT molecular complexity index is 634. The third-order valence-corrected chi connectivity index (χ3v) is 3.43. The van der Waals surface area contributed by atoms with Gasteiger partial charge in [0.25, 0.3) is 0 Å². The van der Waals surface area contributed by atoms with E-state index in [1.807, 2.05) is 12.1 Å². The molecular formula is C15H16ClN3O3. The van der Waals surface area contributed by atoms with Gasteiger partial charge in [0.15, 0.2) is 0 Å². The lowest BCUT2D eigenvalue weighted by molar-refractivity contribution is -0.384. The van der Waals surface area contributed by atoms with Crippen molar-refractivity contribution in [3.05, 3.63) is 63.3 Å². The SMILES string of the molecule is COCCC(Nc1ncccc1[N+](=O)[O-])c1ccc(Cl)cc1. The van der Waals surface area contributed by atoms with Crippen molar-refractivity contribution < 1.29 is 9.66 Å². The highest BCUT2D eigenvalue weighted by Gasteiger charge is 2.19. The zero-order valence-corrected chi connectivity index (χ0v) is 12.8. The summed E-state index contributed by atoms with van der Waals surface area (Å²) in [5.74, 6) is 0.239. The van der Waals surface area contributed by atoms with Gasteiger partial charge in [-0.15, -0.1) is 0 Å². The highest BCUT2D eigenvalue weighted by molar-refractivity contribution is 6.30. The Labute approximate surface area is 133 Å². The number of hydrogen-bond donors (Lipinski definition) is 1. The molecule has 0 aliphatic carbocycles. The molecule has 0 bridgehead atoms. The number of halogens is 1. The minimum Gasteiger partial charge on any atom is -0.385 e. The van der Waals surface area contributed by atoms with Crippen LogP contribution in [0.2, 0.25) is 5.02 Å². The lowest BCUT2D eigenvalue weighted by Gasteiger charge is -2.19. The summed E-state index contributed by atoms with van der Waals surface area (Å²) >= 11 is 5.90. The van der Waals surface area contributed by atoms with E-state index in [-0.39, 0.29) is 17.5 Å². The van der Waals surface area contributed by atoms with Crippen molar-refractivity contribution in [2.45, 2.75) is 12.5 Å². The molecule has 1 unspecified atom stereocenters. The molecule has 2 aromatic rings. The average Bonchev–Trinajstić information content (AvgIpc) is 2.52. The second-order valence-electron chi connectivity index (χ2n) is 4.66. The average molecular weight is 322 g/mol. The summed E-state index contributed by atoms with van der Waals surface area (Å²) in [5, 5.41) is 14.8. The zero-order chi connectivity index (χ0) is 15.9. The molecule has 116 valence electrons. The van der Waals surface area contributed by atoms with Crippen LogP contribution >= 0.6 is 11.6 Å². The summed E-state index contributed by atoms with van der Waals surface area (Å²) in [5.41, 5.74) is 0.903. The predicted molar refractivity (Wildman–Crippen MR) is 85.2 cm³/mol. The number of aromatic nitrogens is 1. The highest BCUT2D eigenvalue weighted by atomic mass is 35.5. The Kier molecular flexibility index (Phi) is 5.68. The van der Waals surface area contributed by atoms with Crippen LogP contribution in [0.15, 0.2) is 42.6 Å². The van der Waals surface area contributed by atoms with Gasteiger partial charge in [-0.3, -0.25) is 10.1 Å². The molecule has 0 saturated heterocycles. The smallest absolute Gasteiger partial charge is 0.311 e. The number of rotatable bonds is 7. The molecule has 0 radical (unpaired) electrons. The molecule has 22 heavy (non-hydrogen) atoms. The molecule has 0 spiro atoms. The Balaban J connectivity index is 2.27. The molecule has 0 amide bonds. The fourth-order valence-corrected chi connectivity index (χ4v) is 2.20. The van der Waals surface area contributed by atoms with Gasteiger partial charge in [-0.05, 0) is 30.2 Å². The molecule has 0 aliphatic heterocycles. The van der Waals surface area contributed by atoms with Crippen molar-refractivity contribution in [3.8, 4) is 0 Å². The molecule has 1 aromatic carbocycles. The molecule has 6 nitrogen and oxygen atoms in total. The minimum absolute atomic E-state index is 0.0566. The molecule has 2 rings (SSSR count). The number of hydrogen-bond acceptors (Lipinski definition) is 5. The molecule has 0 aliphatic rings. The first-order valence-corrected chi connectivity index (χ1v) is 7.10. The Morgan fingerprint density at radius 3 is 2.73 bits per heavy atom. The highest BCUT2D eigenvalue weighted by Crippen LogP contribution is 2.28. The maximum Gasteiger partial charge on any atom is 0.311 e. The van der Waals surface area contributed by atoms with E-state index in [2.05, 4.69) is 10.3 Å². The number of nitro groups is 1. The number of ether oxygens (including phenoxy) is 1. The van der Waals surface area contributed by atoms with Gasteiger partial charge < -0.3 is 10.1 Å². The van der Waals surface area contributed by atoms with Crippen molar-refractivity contribution in [2.75, 3.05) is 19.0 Å². The van der Waals surface area contributed by atoms with Crippen LogP contribution in [0.5, 0.6) is 0 Å². The molecule has 7 heteroatoms. The Morgan fingerprint density at radius 2 is 2.09 bits per heavy atom. The van der Waals surface area contributed by atoms with Crippen LogP contribution in [0, 0.1) is 10.1 Å². The summed E-state index contributed by atoms with van der Waals surface area (Å²) in [7, 11) is 1.61. The Morgan fingerprint density at radius 1 is 1.36 bits per heavy atom. The molecular weight excluding hydrogens is 306 g/mol. The predicted octanol–water partition coefficient (Wildman–Crippen LogP) is 3.83. The number of benzene rings is 1. The molecule has 1 heterocycles. The quantitative estimate of drug-likeness (QED) is 0.619. The summed E-state index contributed by atoms with van der Waals surface area (Å²) in [6.07, 6.45) is 2.16. The minimum atomic E-state index is -0.454. The summed E-state index contributed by atoms with van der Waals surface area (Å²) in [6.45, 7) is 0.515. The van der Waals surface area contributed by atoms with E-state index in [0.717, 1.165) is 5.56 Å². The topological polar surface area (TPSA) is 77.3 Å². The number of anilines is 1. The van der Waals surface area contributed by atoms with Gasteiger partial charge in [0.1, 0.15) is 0 Å². The van der Waals surface area contributed by atoms with Gasteiger partial charge in [0.05, 0.1) is 11.0 Å². The van der Waals surface area contributed by atoms with E-state index in [1.54, 1.807) is 19.2 Å². The van der Waals surface area contributed by atoms with E-state index in [4.69, 9.17) is 16.3 Å². The number of nitrogens with one attached hydrogen (secondary N) is 1. The van der Waals surface area contributed by atoms with E-state index in [1.165, 1.54) is 18.3 Å². The van der Waals surface area contributed by atoms with Crippen LogP contribution in [0.25, 0.3) is 0 Å². The number of pyridine rings is 1. The number of methoxy groups -OCH3 is 1. The number of nitrogens with zero attached hydrogens (tertiary/aromatic N) is 2. The van der Waals surface area contributed by atoms with Gasteiger partial charge in [-0.1, -0.05) is 23.7 Å². The third kappa shape index (κ3) is 4.16. The normalized spacial score (nSPS) is 11.9. The van der Waals surface area contributed by atoms with Crippen molar-refractivity contribution in [1.82, 2.24) is 4.98 Å². The van der Waals surface area contributed by atoms with Gasteiger partial charge in [-0.25, -0.2) is 4.98 Å². The largest absolute Gasteiger partial charge is 0.385 e. The Hall–Kier alpha value is -2.18. The standard InChI is InChI=1S/C15H16ClN3O3/c1-22-10-8-13(11-4-6-12(16)7-5-11)18-15-14(19(20)21)3-2-9-17-15/h2-7,9,13H,8,10H2,1H3,(H,17,18). The molecule has 1 atom stereocenters. The summed E-state index contributed by atoms with van der Waals surface area (Å²) in [6, 6.07) is 10.1. The maximum absolute atomic E-state index is 11.1. The summed E-state index contributed by atoms with van der Waals surface area (Å²) in [4.78, 5) is 14.7.